The molecule has 0 spiro atoms. The molecule has 0 atom stereocenters. The van der Waals surface area contributed by atoms with Crippen molar-refractivity contribution >= 4 is 18.8 Å². The molecule has 0 fully saturated rings. The summed E-state index contributed by atoms with van der Waals surface area (Å²) in [6, 6.07) is 0. The summed E-state index contributed by atoms with van der Waals surface area (Å²) in [4.78, 5) is 33.0. The zero-order valence-corrected chi connectivity index (χ0v) is 28.5. The zero-order chi connectivity index (χ0) is 31.6. The summed E-state index contributed by atoms with van der Waals surface area (Å²) in [5.41, 5.74) is 14.1. The van der Waals surface area contributed by atoms with Crippen LogP contribution in [0.3, 0.4) is 0 Å². The maximum Gasteiger partial charge on any atom is 0.0757 e. The van der Waals surface area contributed by atoms with E-state index in [0.717, 1.165) is 12.8 Å². The Kier molecular flexibility index (Phi) is 144. The molecule has 24 nitrogen and oxygen atoms in total. The van der Waals surface area contributed by atoms with Crippen molar-refractivity contribution in [1.29, 1.82) is 0 Å². The summed E-state index contributed by atoms with van der Waals surface area (Å²) in [5.74, 6) is 0. The van der Waals surface area contributed by atoms with Crippen LogP contribution in [-0.4, -0.2) is 59.6 Å². The van der Waals surface area contributed by atoms with Crippen LogP contribution in [-0.2, 0) is 37.5 Å². The van der Waals surface area contributed by atoms with E-state index < -0.39 is 20.3 Å². The van der Waals surface area contributed by atoms with Gasteiger partial charge in [-0.25, -0.2) is 0 Å². The molecule has 0 bridgehead atoms. The smallest absolute Gasteiger partial charge is 0.0757 e. The molecule has 0 aliphatic heterocycles. The minimum absolute atomic E-state index is 0. The molecule has 0 aliphatic rings. The number of nitrogens with zero attached hydrogens (tertiary/aromatic N) is 4. The molecule has 42 heavy (non-hydrogen) atoms. The van der Waals surface area contributed by atoms with Gasteiger partial charge in [-0.2, -0.15) is 13.1 Å². The van der Waals surface area contributed by atoms with E-state index in [1.54, 1.807) is 37.5 Å². The van der Waals surface area contributed by atoms with E-state index in [-0.39, 0.29) is 24.6 Å². The van der Waals surface area contributed by atoms with Crippen molar-refractivity contribution in [3.63, 3.8) is 0 Å². The third-order valence-corrected chi connectivity index (χ3v) is 3.24. The van der Waals surface area contributed by atoms with Gasteiger partial charge in [0.2, 0.25) is 0 Å². The first-order valence-electron chi connectivity index (χ1n) is 10.3. The fourth-order valence-corrected chi connectivity index (χ4v) is 2.05. The molecule has 0 radical (unpaired) electrons. The molecule has 0 unspecified atom stereocenters. The molecule has 0 saturated carbocycles. The van der Waals surface area contributed by atoms with Gasteiger partial charge in [0.1, 0.15) is 0 Å². The largest absolute Gasteiger partial charge is 0.693 e. The first-order valence-corrected chi connectivity index (χ1v) is 15.9. The Hall–Kier alpha value is -1.56. The second kappa shape index (κ2) is 83.4. The number of nitrogens with two attached hydrogens (primary N) is 6. The second-order valence-electron chi connectivity index (χ2n) is 5.95. The van der Waals surface area contributed by atoms with Crippen LogP contribution in [0, 0.1) is 61.3 Å². The van der Waals surface area contributed by atoms with Gasteiger partial charge in [-0.1, -0.05) is 12.8 Å². The molecular weight excluding hydrogens is 989 g/mol. The molecule has 0 heterocycles. The van der Waals surface area contributed by atoms with Gasteiger partial charge in [0.25, 0.3) is 0 Å². The maximum atomic E-state index is 8.25. The normalized spacial score (nSPS) is 7.33. The summed E-state index contributed by atoms with van der Waals surface area (Å²) in [6.45, 7) is 6.23. The maximum absolute atomic E-state index is 8.25. The van der Waals surface area contributed by atoms with Crippen LogP contribution in [0.1, 0.15) is 51.4 Å². The Balaban J connectivity index is -0.0000000370. The second-order valence-corrected chi connectivity index (χ2v) is 5.95. The van der Waals surface area contributed by atoms with Crippen molar-refractivity contribution in [1.82, 2.24) is 0 Å². The van der Waals surface area contributed by atoms with Gasteiger partial charge in [0.15, 0.2) is 0 Å². The molecule has 0 aromatic carbocycles. The number of rotatable bonds is 15. The average Bonchev–Trinajstić information content (AvgIpc) is 2.80. The van der Waals surface area contributed by atoms with Crippen molar-refractivity contribution in [2.75, 3.05) is 39.3 Å². The molecule has 14 N–H and O–H groups in total. The van der Waals surface area contributed by atoms with E-state index in [1.165, 1.54) is 64.7 Å². The summed E-state index contributed by atoms with van der Waals surface area (Å²) in [6.07, 6.45) is 9.83. The number of unbranched alkanes of at least 4 members (excludes halogenated alkanes) is 5. The van der Waals surface area contributed by atoms with E-state index in [2.05, 4.69) is 29.5 Å². The third kappa shape index (κ3) is 298. The molecule has 270 valence electrons. The van der Waals surface area contributed by atoms with Gasteiger partial charge in [-0.15, -0.1) is 0 Å². The van der Waals surface area contributed by atoms with Gasteiger partial charge >= 0.3 is 56.4 Å². The monoisotopic (exact) mass is 1030 g/mol. The van der Waals surface area contributed by atoms with Crippen molar-refractivity contribution in [2.24, 2.45) is 0 Å². The predicted molar refractivity (Wildman–Crippen MR) is 153 cm³/mol. The van der Waals surface area contributed by atoms with E-state index in [1.807, 2.05) is 0 Å². The number of halogens is 2. The summed E-state index contributed by atoms with van der Waals surface area (Å²) in [7, 11) is 9.22. The molecule has 0 aromatic heterocycles. The third-order valence-electron chi connectivity index (χ3n) is 3.24. The Bertz CT molecular complexity index is 413. The fraction of sp³-hybridized carbons (Fsp3) is 1.00. The van der Waals surface area contributed by atoms with Crippen LogP contribution >= 0.6 is 18.8 Å². The minimum Gasteiger partial charge on any atom is -0.693 e. The van der Waals surface area contributed by atoms with Crippen LogP contribution < -0.4 is 10.6 Å². The topological polar surface area (TPSA) is 480 Å². The first-order chi connectivity index (χ1) is 17.8. The van der Waals surface area contributed by atoms with Crippen LogP contribution in [0.5, 0.6) is 0 Å². The molecular formula is C14H42Cl2N12O12Pt2-6. The molecule has 0 rings (SSSR count). The Morgan fingerprint density at radius 2 is 0.571 bits per heavy atom. The summed E-state index contributed by atoms with van der Waals surface area (Å²) < 4.78 is 0. The van der Waals surface area contributed by atoms with Crippen molar-refractivity contribution in [3.05, 3.63) is 97.4 Å². The van der Waals surface area contributed by atoms with E-state index in [4.69, 9.17) is 72.8 Å². The average molecular weight is 1030 g/mol. The number of hydrogen-bond donors (Lipinski definition) is 2. The summed E-state index contributed by atoms with van der Waals surface area (Å²) in [5, 5.41) is 63.9. The molecule has 0 amide bonds. The van der Waals surface area contributed by atoms with Crippen molar-refractivity contribution < 1.29 is 68.5 Å². The van der Waals surface area contributed by atoms with E-state index >= 15 is 0 Å². The van der Waals surface area contributed by atoms with Gasteiger partial charge in [-0.05, 0) is 25.7 Å². The zero-order valence-electron chi connectivity index (χ0n) is 22.4. The SMILES string of the molecule is O=[N+]([O-])[O-].O=[N+]([O-])[O-].O=[N+]([O-])[O-].O=[N+]([O-])[O-].[Cl][Pt+].[Cl][Pt+].[NH-]CCCCC[NH2+]CCCC[NH2+]CCCCC[NH-].[NH2-].[NH2-].[NH2-].[NH2-]. The predicted octanol–water partition coefficient (Wildman–Crippen LogP) is 4.62. The van der Waals surface area contributed by atoms with Crippen LogP contribution in [0.4, 0.5) is 0 Å². The Morgan fingerprint density at radius 3 is 0.714 bits per heavy atom. The van der Waals surface area contributed by atoms with E-state index in [0.29, 0.717) is 13.1 Å². The van der Waals surface area contributed by atoms with Gasteiger partial charge < -0.3 is 108 Å². The van der Waals surface area contributed by atoms with E-state index in [9.17, 15) is 0 Å². The molecule has 28 heteroatoms. The van der Waals surface area contributed by atoms with Crippen molar-refractivity contribution in [3.8, 4) is 0 Å². The van der Waals surface area contributed by atoms with Crippen LogP contribution in [0.2, 0.25) is 0 Å². The quantitative estimate of drug-likeness (QED) is 0.129. The Morgan fingerprint density at radius 1 is 0.429 bits per heavy atom. The van der Waals surface area contributed by atoms with Gasteiger partial charge in [0.05, 0.1) is 46.5 Å². The summed E-state index contributed by atoms with van der Waals surface area (Å²) >= 11 is 3.22. The first kappa shape index (κ1) is 72.6. The minimum atomic E-state index is -1.75. The number of quaternary nitrogens is 2. The standard InChI is InChI=1S/C14H32N4.2ClH.4NO3.4H2N.2Pt/c15-9-3-1-5-11-17-13-7-8-14-18-12-6-2-4-10-16;;;4*2-1(3)4;;;;;;/h15-18H,1-14H2;2*1H;;;;;4*1H2;;/q-2;;;8*-1;2*+2. The number of nitrogens with one attached hydrogen (secondary N) is 2. The van der Waals surface area contributed by atoms with Gasteiger partial charge in [0, 0.05) is 12.8 Å². The van der Waals surface area contributed by atoms with Crippen LogP contribution in [0.25, 0.3) is 36.1 Å². The fourth-order valence-electron chi connectivity index (χ4n) is 2.05. The van der Waals surface area contributed by atoms with Gasteiger partial charge in [-0.3, -0.25) is 0 Å². The number of hydrogen-bond acceptors (Lipinski definition) is 12. The molecule has 0 aliphatic carbocycles. The Labute approximate surface area is 274 Å². The molecule has 0 saturated heterocycles. The van der Waals surface area contributed by atoms with Crippen molar-refractivity contribution in [2.45, 2.75) is 51.4 Å². The molecule has 0 aromatic rings. The van der Waals surface area contributed by atoms with Crippen LogP contribution in [0.15, 0.2) is 0 Å².